The third kappa shape index (κ3) is 6.87. The Morgan fingerprint density at radius 3 is 2.36 bits per heavy atom. The summed E-state index contributed by atoms with van der Waals surface area (Å²) in [6, 6.07) is 11.3. The van der Waals surface area contributed by atoms with E-state index in [1.807, 2.05) is 43.9 Å². The highest BCUT2D eigenvalue weighted by molar-refractivity contribution is 5.86. The van der Waals surface area contributed by atoms with Crippen molar-refractivity contribution in [2.75, 3.05) is 32.7 Å². The molecule has 44 heavy (non-hydrogen) atoms. The molecule has 2 aliphatic heterocycles. The minimum absolute atomic E-state index is 0.193. The minimum atomic E-state index is -0.445. The van der Waals surface area contributed by atoms with Gasteiger partial charge in [-0.05, 0) is 90.0 Å². The van der Waals surface area contributed by atoms with Gasteiger partial charge in [-0.2, -0.15) is 0 Å². The number of phenolic OH excluding ortho intramolecular Hbond substituents is 1. The number of aromatic nitrogens is 3. The van der Waals surface area contributed by atoms with Crippen molar-refractivity contribution in [2.24, 2.45) is 0 Å². The van der Waals surface area contributed by atoms with E-state index in [1.165, 1.54) is 36.9 Å². The number of aromatic amines is 1. The predicted octanol–water partition coefficient (Wildman–Crippen LogP) is 5.14. The third-order valence-corrected chi connectivity index (χ3v) is 9.70. The van der Waals surface area contributed by atoms with Crippen molar-refractivity contribution < 1.29 is 14.6 Å². The van der Waals surface area contributed by atoms with Crippen molar-refractivity contribution in [2.45, 2.75) is 102 Å². The molecule has 0 unspecified atom stereocenters. The highest BCUT2D eigenvalue weighted by Gasteiger charge is 2.34. The largest absolute Gasteiger partial charge is 0.507 e. The normalized spacial score (nSPS) is 23.5. The van der Waals surface area contributed by atoms with Gasteiger partial charge < -0.3 is 30.4 Å². The molecule has 1 aliphatic carbocycles. The lowest BCUT2D eigenvalue weighted by atomic mass is 9.87. The van der Waals surface area contributed by atoms with Crippen LogP contribution in [0.1, 0.15) is 83.5 Å². The fraction of sp³-hybridized carbons (Fsp3) is 0.618. The molecule has 1 atom stereocenters. The minimum Gasteiger partial charge on any atom is -0.507 e. The number of phenols is 1. The van der Waals surface area contributed by atoms with Crippen LogP contribution in [0, 0.1) is 0 Å². The molecule has 3 aliphatic rings. The molecular formula is C34H49N7O3. The van der Waals surface area contributed by atoms with Gasteiger partial charge in [0.05, 0.1) is 5.69 Å². The summed E-state index contributed by atoms with van der Waals surface area (Å²) in [5, 5.41) is 27.9. The Bertz CT molecular complexity index is 1430. The lowest BCUT2D eigenvalue weighted by molar-refractivity contribution is 0.0198. The number of likely N-dealkylation sites (tertiary alicyclic amines) is 1. The number of nitrogens with one attached hydrogen (secondary N) is 3. The van der Waals surface area contributed by atoms with Crippen molar-refractivity contribution in [3.05, 3.63) is 41.6 Å². The number of amides is 1. The first-order valence-electron chi connectivity index (χ1n) is 16.5. The lowest BCUT2D eigenvalue weighted by Crippen LogP contribution is -2.48. The van der Waals surface area contributed by atoms with Crippen LogP contribution in [0.3, 0.4) is 0 Å². The monoisotopic (exact) mass is 603 g/mol. The molecule has 2 aromatic heterocycles. The molecule has 4 heterocycles. The third-order valence-electron chi connectivity index (χ3n) is 9.70. The van der Waals surface area contributed by atoms with Crippen LogP contribution in [0.4, 0.5) is 4.79 Å². The SMILES string of the molecule is C[C@@H]1c2c([nH]c3nnc(-c4ccccc4O)cc23)CCN1C1CCC(NCCNC2CCN(C(=O)OC(C)(C)C)CC2)CC1. The second kappa shape index (κ2) is 13.0. The van der Waals surface area contributed by atoms with E-state index in [2.05, 4.69) is 43.7 Å². The van der Waals surface area contributed by atoms with Gasteiger partial charge in [0, 0.05) is 80.0 Å². The summed E-state index contributed by atoms with van der Waals surface area (Å²) in [6.07, 6.45) is 7.55. The molecule has 1 amide bonds. The molecule has 3 aromatic rings. The van der Waals surface area contributed by atoms with Gasteiger partial charge in [0.2, 0.25) is 0 Å². The van der Waals surface area contributed by atoms with Crippen molar-refractivity contribution >= 4 is 17.1 Å². The molecule has 0 radical (unpaired) electrons. The second-order valence-corrected chi connectivity index (χ2v) is 13.8. The Kier molecular flexibility index (Phi) is 9.12. The fourth-order valence-electron chi connectivity index (χ4n) is 7.41. The number of nitrogens with zero attached hydrogens (tertiary/aromatic N) is 4. The van der Waals surface area contributed by atoms with E-state index in [9.17, 15) is 9.90 Å². The van der Waals surface area contributed by atoms with Crippen LogP contribution in [0.15, 0.2) is 30.3 Å². The molecule has 1 saturated heterocycles. The quantitative estimate of drug-likeness (QED) is 0.274. The molecular weight excluding hydrogens is 554 g/mol. The van der Waals surface area contributed by atoms with E-state index in [0.717, 1.165) is 63.0 Å². The standard InChI is InChI=1S/C34H49N7O3/c1-22-31-27-21-29(26-7-5-6-8-30(26)42)38-39-32(27)37-28(31)15-20-41(22)25-11-9-23(10-12-25)35-16-17-36-24-13-18-40(19-14-24)33(43)44-34(2,3)4/h5-8,21-25,35-36,42H,9-20H2,1-4H3,(H,37,39)/t22-,23?,25?/m1/s1. The summed E-state index contributed by atoms with van der Waals surface area (Å²) in [5.74, 6) is 0.224. The summed E-state index contributed by atoms with van der Waals surface area (Å²) in [5.41, 5.74) is 4.40. The number of aromatic hydroxyl groups is 1. The van der Waals surface area contributed by atoms with Crippen molar-refractivity contribution in [3.63, 3.8) is 0 Å². The molecule has 10 nitrogen and oxygen atoms in total. The van der Waals surface area contributed by atoms with E-state index in [4.69, 9.17) is 4.74 Å². The number of H-pyrrole nitrogens is 1. The summed E-state index contributed by atoms with van der Waals surface area (Å²) in [7, 11) is 0. The topological polar surface area (TPSA) is 119 Å². The first kappa shape index (κ1) is 30.8. The van der Waals surface area contributed by atoms with Crippen LogP contribution in [0.25, 0.3) is 22.3 Å². The number of ether oxygens (including phenoxy) is 1. The Morgan fingerprint density at radius 1 is 1.00 bits per heavy atom. The molecule has 238 valence electrons. The van der Waals surface area contributed by atoms with Crippen LogP contribution in [-0.4, -0.2) is 92.6 Å². The zero-order valence-corrected chi connectivity index (χ0v) is 26.7. The maximum atomic E-state index is 12.3. The van der Waals surface area contributed by atoms with Gasteiger partial charge in [0.15, 0.2) is 5.65 Å². The van der Waals surface area contributed by atoms with Gasteiger partial charge in [0.25, 0.3) is 0 Å². The number of benzene rings is 1. The molecule has 6 rings (SSSR count). The zero-order chi connectivity index (χ0) is 30.8. The number of para-hydroxylation sites is 1. The van der Waals surface area contributed by atoms with E-state index in [-0.39, 0.29) is 11.8 Å². The lowest BCUT2D eigenvalue weighted by Gasteiger charge is -2.43. The summed E-state index contributed by atoms with van der Waals surface area (Å²) < 4.78 is 5.52. The average Bonchev–Trinajstić information content (AvgIpc) is 3.38. The van der Waals surface area contributed by atoms with Crippen molar-refractivity contribution in [3.8, 4) is 17.0 Å². The summed E-state index contributed by atoms with van der Waals surface area (Å²) in [4.78, 5) is 20.4. The number of hydrogen-bond acceptors (Lipinski definition) is 8. The maximum absolute atomic E-state index is 12.3. The van der Waals surface area contributed by atoms with Gasteiger partial charge in [-0.25, -0.2) is 4.79 Å². The summed E-state index contributed by atoms with van der Waals surface area (Å²) >= 11 is 0. The van der Waals surface area contributed by atoms with Gasteiger partial charge in [-0.15, -0.1) is 10.2 Å². The smallest absolute Gasteiger partial charge is 0.410 e. The van der Waals surface area contributed by atoms with Crippen LogP contribution >= 0.6 is 0 Å². The number of fused-ring (bicyclic) bond motifs is 3. The van der Waals surface area contributed by atoms with Gasteiger partial charge in [-0.3, -0.25) is 4.90 Å². The van der Waals surface area contributed by atoms with E-state index in [0.29, 0.717) is 35.4 Å². The Balaban J connectivity index is 0.961. The number of carbonyl (C=O) groups excluding carboxylic acids is 1. The van der Waals surface area contributed by atoms with Crippen LogP contribution in [-0.2, 0) is 11.2 Å². The van der Waals surface area contributed by atoms with E-state index >= 15 is 0 Å². The predicted molar refractivity (Wildman–Crippen MR) is 173 cm³/mol. The Morgan fingerprint density at radius 2 is 1.68 bits per heavy atom. The first-order valence-corrected chi connectivity index (χ1v) is 16.5. The average molecular weight is 604 g/mol. The molecule has 1 saturated carbocycles. The second-order valence-electron chi connectivity index (χ2n) is 13.8. The van der Waals surface area contributed by atoms with E-state index in [1.54, 1.807) is 6.07 Å². The van der Waals surface area contributed by atoms with Gasteiger partial charge >= 0.3 is 6.09 Å². The molecule has 2 fully saturated rings. The maximum Gasteiger partial charge on any atom is 0.410 e. The van der Waals surface area contributed by atoms with Crippen LogP contribution in [0.5, 0.6) is 5.75 Å². The molecule has 0 spiro atoms. The van der Waals surface area contributed by atoms with Crippen LogP contribution in [0.2, 0.25) is 0 Å². The molecule has 4 N–H and O–H groups in total. The first-order chi connectivity index (χ1) is 21.2. The number of carbonyl (C=O) groups is 1. The molecule has 1 aromatic carbocycles. The fourth-order valence-corrected chi connectivity index (χ4v) is 7.41. The molecule has 10 heteroatoms. The Labute approximate surface area is 260 Å². The highest BCUT2D eigenvalue weighted by Crippen LogP contribution is 2.40. The number of rotatable bonds is 7. The van der Waals surface area contributed by atoms with Crippen molar-refractivity contribution in [1.29, 1.82) is 0 Å². The number of hydrogen-bond donors (Lipinski definition) is 4. The van der Waals surface area contributed by atoms with Crippen molar-refractivity contribution in [1.82, 2.24) is 35.6 Å². The molecule has 0 bridgehead atoms. The van der Waals surface area contributed by atoms with Gasteiger partial charge in [0.1, 0.15) is 11.4 Å². The van der Waals surface area contributed by atoms with Gasteiger partial charge in [-0.1, -0.05) is 12.1 Å². The summed E-state index contributed by atoms with van der Waals surface area (Å²) in [6.45, 7) is 12.6. The Hall–Kier alpha value is -3.21. The zero-order valence-electron chi connectivity index (χ0n) is 26.7. The highest BCUT2D eigenvalue weighted by atomic mass is 16.6. The van der Waals surface area contributed by atoms with Crippen LogP contribution < -0.4 is 10.6 Å². The number of piperidine rings is 1. The van der Waals surface area contributed by atoms with E-state index < -0.39 is 5.60 Å².